The monoisotopic (exact) mass is 440 g/mol. The van der Waals surface area contributed by atoms with Gasteiger partial charge in [-0.15, -0.1) is 11.3 Å². The molecule has 1 unspecified atom stereocenters. The van der Waals surface area contributed by atoms with Gasteiger partial charge in [0.15, 0.2) is 11.6 Å². The second kappa shape index (κ2) is 9.06. The van der Waals surface area contributed by atoms with E-state index in [1.807, 2.05) is 17.5 Å². The van der Waals surface area contributed by atoms with Crippen molar-refractivity contribution in [2.45, 2.75) is 37.3 Å². The first-order valence-corrected chi connectivity index (χ1v) is 11.6. The molecule has 2 aromatic rings. The topological polar surface area (TPSA) is 111 Å². The van der Waals surface area contributed by atoms with Gasteiger partial charge in [-0.05, 0) is 31.2 Å². The van der Waals surface area contributed by atoms with Crippen LogP contribution < -0.4 is 4.72 Å². The van der Waals surface area contributed by atoms with E-state index >= 15 is 0 Å². The van der Waals surface area contributed by atoms with E-state index in [0.717, 1.165) is 17.7 Å². The second-order valence-corrected chi connectivity index (χ2v) is 9.50. The number of thiophene rings is 1. The lowest BCUT2D eigenvalue weighted by atomic mass is 10.2. The molecule has 1 N–H and O–H groups in total. The SMILES string of the molecule is Cc1nc(S(=O)(=O)NCCC(=O)OCC(=O)N2CCCC2c2cccs2)cn1C. The van der Waals surface area contributed by atoms with Crippen LogP contribution in [0.3, 0.4) is 0 Å². The zero-order valence-corrected chi connectivity index (χ0v) is 18.0. The fraction of sp³-hybridized carbons (Fsp3) is 0.500. The Morgan fingerprint density at radius 1 is 1.41 bits per heavy atom. The van der Waals surface area contributed by atoms with E-state index in [1.54, 1.807) is 34.8 Å². The smallest absolute Gasteiger partial charge is 0.307 e. The number of aromatic nitrogens is 2. The summed E-state index contributed by atoms with van der Waals surface area (Å²) in [6.07, 6.45) is 3.04. The normalized spacial score (nSPS) is 16.9. The molecule has 0 radical (unpaired) electrons. The van der Waals surface area contributed by atoms with Crippen molar-refractivity contribution in [3.8, 4) is 0 Å². The standard InChI is InChI=1S/C18H24N4O5S2/c1-13-20-16(11-21(13)2)29(25,26)19-8-7-18(24)27-12-17(23)22-9-3-5-14(22)15-6-4-10-28-15/h4,6,10-11,14,19H,3,5,7-9,12H2,1-2H3. The molecular formula is C18H24N4O5S2. The number of hydrogen-bond acceptors (Lipinski definition) is 7. The molecule has 0 saturated carbocycles. The quantitative estimate of drug-likeness (QED) is 0.621. The van der Waals surface area contributed by atoms with Crippen molar-refractivity contribution in [3.05, 3.63) is 34.4 Å². The molecular weight excluding hydrogens is 416 g/mol. The summed E-state index contributed by atoms with van der Waals surface area (Å²) < 4.78 is 33.3. The summed E-state index contributed by atoms with van der Waals surface area (Å²) in [6, 6.07) is 3.99. The number of likely N-dealkylation sites (tertiary alicyclic amines) is 1. The largest absolute Gasteiger partial charge is 0.456 e. The van der Waals surface area contributed by atoms with Crippen molar-refractivity contribution in [3.63, 3.8) is 0 Å². The van der Waals surface area contributed by atoms with Crippen molar-refractivity contribution in [1.82, 2.24) is 19.2 Å². The van der Waals surface area contributed by atoms with Crippen LogP contribution in [0, 0.1) is 6.92 Å². The number of carbonyl (C=O) groups excluding carboxylic acids is 2. The van der Waals surface area contributed by atoms with Crippen LogP contribution in [0.1, 0.15) is 36.0 Å². The molecule has 1 saturated heterocycles. The molecule has 3 rings (SSSR count). The fourth-order valence-electron chi connectivity index (χ4n) is 3.16. The highest BCUT2D eigenvalue weighted by Gasteiger charge is 2.31. The molecule has 1 atom stereocenters. The third kappa shape index (κ3) is 5.22. The van der Waals surface area contributed by atoms with Gasteiger partial charge in [0.2, 0.25) is 0 Å². The van der Waals surface area contributed by atoms with Gasteiger partial charge in [-0.3, -0.25) is 9.59 Å². The lowest BCUT2D eigenvalue weighted by molar-refractivity contribution is -0.152. The van der Waals surface area contributed by atoms with Gasteiger partial charge in [0.05, 0.1) is 12.5 Å². The number of hydrogen-bond donors (Lipinski definition) is 1. The Balaban J connectivity index is 1.43. The Hall–Kier alpha value is -2.24. The first-order valence-electron chi connectivity index (χ1n) is 9.26. The summed E-state index contributed by atoms with van der Waals surface area (Å²) in [7, 11) is -2.10. The first kappa shape index (κ1) is 21.5. The third-order valence-electron chi connectivity index (χ3n) is 4.78. The van der Waals surface area contributed by atoms with Crippen molar-refractivity contribution in [2.24, 2.45) is 7.05 Å². The predicted molar refractivity (Wildman–Crippen MR) is 107 cm³/mol. The number of nitrogens with zero attached hydrogens (tertiary/aromatic N) is 3. The zero-order chi connectivity index (χ0) is 21.0. The van der Waals surface area contributed by atoms with Gasteiger partial charge in [-0.1, -0.05) is 6.07 Å². The molecule has 29 heavy (non-hydrogen) atoms. The van der Waals surface area contributed by atoms with Crippen LogP contribution in [-0.4, -0.2) is 54.4 Å². The highest BCUT2D eigenvalue weighted by atomic mass is 32.2. The second-order valence-electron chi connectivity index (χ2n) is 6.81. The molecule has 1 amide bonds. The number of aryl methyl sites for hydroxylation is 2. The van der Waals surface area contributed by atoms with Crippen LogP contribution in [0.4, 0.5) is 0 Å². The maximum atomic E-state index is 12.4. The Labute approximate surface area is 173 Å². The zero-order valence-electron chi connectivity index (χ0n) is 16.3. The molecule has 3 heterocycles. The van der Waals surface area contributed by atoms with Crippen molar-refractivity contribution >= 4 is 33.2 Å². The summed E-state index contributed by atoms with van der Waals surface area (Å²) in [6.45, 7) is 1.86. The fourth-order valence-corrected chi connectivity index (χ4v) is 5.10. The minimum atomic E-state index is -3.80. The molecule has 0 bridgehead atoms. The Kier molecular flexibility index (Phi) is 6.70. The van der Waals surface area contributed by atoms with Gasteiger partial charge in [0.25, 0.3) is 15.9 Å². The van der Waals surface area contributed by atoms with Crippen molar-refractivity contribution in [1.29, 1.82) is 0 Å². The Morgan fingerprint density at radius 3 is 2.86 bits per heavy atom. The molecule has 9 nitrogen and oxygen atoms in total. The van der Waals surface area contributed by atoms with Gasteiger partial charge in [0.1, 0.15) is 5.82 Å². The van der Waals surface area contributed by atoms with E-state index in [0.29, 0.717) is 12.4 Å². The first-order chi connectivity index (χ1) is 13.8. The molecule has 0 aliphatic carbocycles. The number of esters is 1. The molecule has 1 aliphatic rings. The number of sulfonamides is 1. The van der Waals surface area contributed by atoms with E-state index in [2.05, 4.69) is 9.71 Å². The number of amides is 1. The Morgan fingerprint density at radius 2 is 2.21 bits per heavy atom. The molecule has 2 aromatic heterocycles. The summed E-state index contributed by atoms with van der Waals surface area (Å²) in [4.78, 5) is 31.2. The summed E-state index contributed by atoms with van der Waals surface area (Å²) in [5.74, 6) is -0.310. The van der Waals surface area contributed by atoms with Crippen molar-refractivity contribution < 1.29 is 22.7 Å². The number of rotatable bonds is 8. The Bertz CT molecular complexity index is 949. The highest BCUT2D eigenvalue weighted by Crippen LogP contribution is 2.34. The van der Waals surface area contributed by atoms with E-state index in [1.165, 1.54) is 6.20 Å². The predicted octanol–water partition coefficient (Wildman–Crippen LogP) is 1.37. The van der Waals surface area contributed by atoms with E-state index in [-0.39, 0.29) is 36.5 Å². The van der Waals surface area contributed by atoms with Crippen LogP contribution in [-0.2, 0) is 31.4 Å². The van der Waals surface area contributed by atoms with E-state index in [4.69, 9.17) is 4.74 Å². The number of carbonyl (C=O) groups is 2. The average molecular weight is 441 g/mol. The van der Waals surface area contributed by atoms with Crippen LogP contribution in [0.15, 0.2) is 28.7 Å². The molecule has 0 spiro atoms. The molecule has 11 heteroatoms. The number of ether oxygens (including phenoxy) is 1. The molecule has 158 valence electrons. The summed E-state index contributed by atoms with van der Waals surface area (Å²) in [5, 5.41) is 1.87. The van der Waals surface area contributed by atoms with Gasteiger partial charge in [0, 0.05) is 31.2 Å². The summed E-state index contributed by atoms with van der Waals surface area (Å²) in [5.41, 5.74) is 0. The van der Waals surface area contributed by atoms with Gasteiger partial charge < -0.3 is 14.2 Å². The molecule has 1 fully saturated rings. The van der Waals surface area contributed by atoms with E-state index < -0.39 is 16.0 Å². The number of imidazole rings is 1. The third-order valence-corrected chi connectivity index (χ3v) is 7.09. The van der Waals surface area contributed by atoms with Gasteiger partial charge >= 0.3 is 5.97 Å². The van der Waals surface area contributed by atoms with Gasteiger partial charge in [-0.25, -0.2) is 18.1 Å². The highest BCUT2D eigenvalue weighted by molar-refractivity contribution is 7.89. The lowest BCUT2D eigenvalue weighted by Gasteiger charge is -2.23. The van der Waals surface area contributed by atoms with Crippen molar-refractivity contribution in [2.75, 3.05) is 19.7 Å². The average Bonchev–Trinajstić information content (AvgIpc) is 3.41. The summed E-state index contributed by atoms with van der Waals surface area (Å²) >= 11 is 1.61. The van der Waals surface area contributed by atoms with Crippen LogP contribution in [0.5, 0.6) is 0 Å². The maximum absolute atomic E-state index is 12.4. The van der Waals surface area contributed by atoms with Crippen LogP contribution in [0.25, 0.3) is 0 Å². The van der Waals surface area contributed by atoms with Crippen LogP contribution >= 0.6 is 11.3 Å². The number of nitrogens with one attached hydrogen (secondary N) is 1. The maximum Gasteiger partial charge on any atom is 0.307 e. The van der Waals surface area contributed by atoms with E-state index in [9.17, 15) is 18.0 Å². The molecule has 1 aliphatic heterocycles. The van der Waals surface area contributed by atoms with Crippen LogP contribution in [0.2, 0.25) is 0 Å². The molecule has 0 aromatic carbocycles. The lowest BCUT2D eigenvalue weighted by Crippen LogP contribution is -2.34. The van der Waals surface area contributed by atoms with Gasteiger partial charge in [-0.2, -0.15) is 0 Å². The minimum absolute atomic E-state index is 0.0369. The minimum Gasteiger partial charge on any atom is -0.456 e.